The highest BCUT2D eigenvalue weighted by Gasteiger charge is 2.17. The van der Waals surface area contributed by atoms with Crippen LogP contribution in [0.2, 0.25) is 0 Å². The third kappa shape index (κ3) is 5.46. The molecule has 0 atom stereocenters. The van der Waals surface area contributed by atoms with E-state index < -0.39 is 0 Å². The summed E-state index contributed by atoms with van der Waals surface area (Å²) in [5.41, 5.74) is 11.9. The molecule has 0 saturated heterocycles. The number of furan rings is 1. The van der Waals surface area contributed by atoms with Crippen molar-refractivity contribution < 1.29 is 4.42 Å². The first-order chi connectivity index (χ1) is 27.2. The summed E-state index contributed by atoms with van der Waals surface area (Å²) >= 11 is 1.78. The molecule has 2 heterocycles. The molecule has 0 N–H and O–H groups in total. The van der Waals surface area contributed by atoms with E-state index >= 15 is 0 Å². The summed E-state index contributed by atoms with van der Waals surface area (Å²) in [7, 11) is 0. The van der Waals surface area contributed by atoms with E-state index in [-0.39, 0.29) is 0 Å². The lowest BCUT2D eigenvalue weighted by atomic mass is 9.97. The molecule has 258 valence electrons. The van der Waals surface area contributed by atoms with E-state index in [2.05, 4.69) is 187 Å². The van der Waals surface area contributed by atoms with Gasteiger partial charge in [0, 0.05) is 44.9 Å². The minimum Gasteiger partial charge on any atom is -0.456 e. The van der Waals surface area contributed by atoms with E-state index in [1.165, 1.54) is 48.5 Å². The van der Waals surface area contributed by atoms with Gasteiger partial charge in [-0.05, 0) is 93.0 Å². The number of fused-ring (bicyclic) bond motifs is 8. The Balaban J connectivity index is 0.983. The van der Waals surface area contributed by atoms with Gasteiger partial charge < -0.3 is 9.32 Å². The molecule has 0 aliphatic heterocycles. The smallest absolute Gasteiger partial charge is 0.137 e. The molecular weight excluding hydrogens is 689 g/mol. The first kappa shape index (κ1) is 31.5. The second kappa shape index (κ2) is 12.8. The Labute approximate surface area is 322 Å². The number of para-hydroxylation sites is 1. The number of anilines is 3. The Hall–Kier alpha value is -7.01. The van der Waals surface area contributed by atoms with Gasteiger partial charge in [0.05, 0.1) is 10.2 Å². The molecule has 4 heteroatoms. The summed E-state index contributed by atoms with van der Waals surface area (Å²) < 4.78 is 7.58. The Kier molecular flexibility index (Phi) is 7.35. The number of hydrogen-bond acceptors (Lipinski definition) is 4. The van der Waals surface area contributed by atoms with Crippen molar-refractivity contribution in [3.63, 3.8) is 0 Å². The first-order valence-electron chi connectivity index (χ1n) is 18.5. The zero-order chi connectivity index (χ0) is 36.3. The van der Waals surface area contributed by atoms with Crippen molar-refractivity contribution in [2.45, 2.75) is 0 Å². The fourth-order valence-electron chi connectivity index (χ4n) is 7.95. The standard InChI is InChI=1S/C51H32N2OS/c1-3-9-33(10-4-1)34-17-23-40(24-18-34)53(42-27-29-45-44-13-7-8-14-47(44)54-48(45)32-42)41-25-19-35(20-26-41)38-21-28-43-39(31-38)16-15-36-22-30-46-50(49(36)43)55-51(52-46)37-11-5-2-6-12-37/h1-32H. The Morgan fingerprint density at radius 3 is 1.73 bits per heavy atom. The van der Waals surface area contributed by atoms with E-state index in [0.29, 0.717) is 0 Å². The third-order valence-corrected chi connectivity index (χ3v) is 11.8. The molecule has 0 saturated carbocycles. The molecule has 0 fully saturated rings. The van der Waals surface area contributed by atoms with Gasteiger partial charge >= 0.3 is 0 Å². The van der Waals surface area contributed by atoms with Crippen molar-refractivity contribution in [2.75, 3.05) is 4.90 Å². The molecule has 0 bridgehead atoms. The molecule has 2 aromatic heterocycles. The van der Waals surface area contributed by atoms with Gasteiger partial charge in [-0.3, -0.25) is 0 Å². The van der Waals surface area contributed by atoms with Crippen LogP contribution in [0.25, 0.3) is 86.5 Å². The fourth-order valence-corrected chi connectivity index (χ4v) is 9.09. The first-order valence-corrected chi connectivity index (χ1v) is 19.3. The molecule has 0 spiro atoms. The zero-order valence-corrected chi connectivity index (χ0v) is 30.5. The maximum Gasteiger partial charge on any atom is 0.137 e. The van der Waals surface area contributed by atoms with E-state index in [0.717, 1.165) is 55.1 Å². The van der Waals surface area contributed by atoms with Crippen LogP contribution in [0.4, 0.5) is 17.1 Å². The van der Waals surface area contributed by atoms with Gasteiger partial charge in [-0.2, -0.15) is 0 Å². The molecule has 3 nitrogen and oxygen atoms in total. The molecule has 9 aromatic carbocycles. The molecule has 11 aromatic rings. The van der Waals surface area contributed by atoms with E-state index in [4.69, 9.17) is 9.40 Å². The average Bonchev–Trinajstić information content (AvgIpc) is 3.86. The van der Waals surface area contributed by atoms with Crippen LogP contribution in [0.1, 0.15) is 0 Å². The number of rotatable bonds is 6. The van der Waals surface area contributed by atoms with Gasteiger partial charge in [-0.15, -0.1) is 11.3 Å². The maximum atomic E-state index is 6.35. The highest BCUT2D eigenvalue weighted by Crippen LogP contribution is 2.42. The Morgan fingerprint density at radius 2 is 0.964 bits per heavy atom. The highest BCUT2D eigenvalue weighted by atomic mass is 32.1. The second-order valence-electron chi connectivity index (χ2n) is 14.0. The molecule has 0 unspecified atom stereocenters. The highest BCUT2D eigenvalue weighted by molar-refractivity contribution is 7.22. The number of aromatic nitrogens is 1. The van der Waals surface area contributed by atoms with Crippen LogP contribution in [-0.2, 0) is 0 Å². The molecule has 55 heavy (non-hydrogen) atoms. The predicted octanol–water partition coefficient (Wildman–Crippen LogP) is 15.0. The summed E-state index contributed by atoms with van der Waals surface area (Å²) in [6.45, 7) is 0. The lowest BCUT2D eigenvalue weighted by Crippen LogP contribution is -2.09. The average molecular weight is 721 g/mol. The SMILES string of the molecule is c1ccc(-c2ccc(N(c3ccc(-c4ccc5c(ccc6ccc7nc(-c8ccccc8)sc7c65)c4)cc3)c3ccc4c(c3)oc3ccccc34)cc2)cc1. The quantitative estimate of drug-likeness (QED) is 0.160. The molecular formula is C51H32N2OS. The molecule has 0 aliphatic rings. The van der Waals surface area contributed by atoms with Gasteiger partial charge in [0.1, 0.15) is 16.2 Å². The van der Waals surface area contributed by atoms with Crippen LogP contribution in [0, 0.1) is 0 Å². The maximum absolute atomic E-state index is 6.35. The van der Waals surface area contributed by atoms with Gasteiger partial charge in [-0.25, -0.2) is 4.98 Å². The largest absolute Gasteiger partial charge is 0.456 e. The number of hydrogen-bond donors (Lipinski definition) is 0. The van der Waals surface area contributed by atoms with Gasteiger partial charge in [0.15, 0.2) is 0 Å². The minimum atomic E-state index is 0.872. The minimum absolute atomic E-state index is 0.872. The zero-order valence-electron chi connectivity index (χ0n) is 29.7. The van der Waals surface area contributed by atoms with E-state index in [1.807, 2.05) is 12.1 Å². The molecule has 11 rings (SSSR count). The molecule has 0 radical (unpaired) electrons. The van der Waals surface area contributed by atoms with Crippen molar-refractivity contribution >= 4 is 82.1 Å². The summed E-state index contributed by atoms with van der Waals surface area (Å²) in [4.78, 5) is 7.33. The lowest BCUT2D eigenvalue weighted by molar-refractivity contribution is 0.669. The number of benzene rings is 9. The number of thiazole rings is 1. The van der Waals surface area contributed by atoms with E-state index in [9.17, 15) is 0 Å². The third-order valence-electron chi connectivity index (χ3n) is 10.7. The monoisotopic (exact) mass is 720 g/mol. The molecule has 0 amide bonds. The Morgan fingerprint density at radius 1 is 0.400 bits per heavy atom. The van der Waals surface area contributed by atoms with Crippen molar-refractivity contribution in [1.82, 2.24) is 4.98 Å². The van der Waals surface area contributed by atoms with Crippen LogP contribution in [-0.4, -0.2) is 4.98 Å². The molecule has 0 aliphatic carbocycles. The Bertz CT molecular complexity index is 3180. The van der Waals surface area contributed by atoms with Gasteiger partial charge in [-0.1, -0.05) is 133 Å². The van der Waals surface area contributed by atoms with Crippen molar-refractivity contribution in [3.05, 3.63) is 194 Å². The van der Waals surface area contributed by atoms with Crippen molar-refractivity contribution in [1.29, 1.82) is 0 Å². The van der Waals surface area contributed by atoms with Crippen LogP contribution < -0.4 is 4.90 Å². The van der Waals surface area contributed by atoms with Gasteiger partial charge in [0.2, 0.25) is 0 Å². The normalized spacial score (nSPS) is 11.6. The van der Waals surface area contributed by atoms with E-state index in [1.54, 1.807) is 11.3 Å². The summed E-state index contributed by atoms with van der Waals surface area (Å²) in [6.07, 6.45) is 0. The summed E-state index contributed by atoms with van der Waals surface area (Å²) in [5, 5.41) is 8.27. The van der Waals surface area contributed by atoms with Crippen LogP contribution in [0.15, 0.2) is 199 Å². The van der Waals surface area contributed by atoms with Gasteiger partial charge in [0.25, 0.3) is 0 Å². The second-order valence-corrected chi connectivity index (χ2v) is 15.0. The lowest BCUT2D eigenvalue weighted by Gasteiger charge is -2.26. The summed E-state index contributed by atoms with van der Waals surface area (Å²) in [6, 6.07) is 69.2. The topological polar surface area (TPSA) is 29.3 Å². The van der Waals surface area contributed by atoms with Crippen LogP contribution >= 0.6 is 11.3 Å². The predicted molar refractivity (Wildman–Crippen MR) is 233 cm³/mol. The number of nitrogens with zero attached hydrogens (tertiary/aromatic N) is 2. The van der Waals surface area contributed by atoms with Crippen molar-refractivity contribution in [3.8, 4) is 32.8 Å². The summed E-state index contributed by atoms with van der Waals surface area (Å²) in [5.74, 6) is 0. The fraction of sp³-hybridized carbons (Fsp3) is 0. The van der Waals surface area contributed by atoms with Crippen LogP contribution in [0.5, 0.6) is 0 Å². The van der Waals surface area contributed by atoms with Crippen molar-refractivity contribution in [2.24, 2.45) is 0 Å². The van der Waals surface area contributed by atoms with Crippen LogP contribution in [0.3, 0.4) is 0 Å².